The van der Waals surface area contributed by atoms with Crippen molar-refractivity contribution in [2.75, 3.05) is 12.4 Å². The summed E-state index contributed by atoms with van der Waals surface area (Å²) in [6.07, 6.45) is 3.77. The summed E-state index contributed by atoms with van der Waals surface area (Å²) in [5, 5.41) is 4.12. The van der Waals surface area contributed by atoms with Crippen LogP contribution in [-0.2, 0) is 12.8 Å². The van der Waals surface area contributed by atoms with E-state index in [1.807, 2.05) is 7.05 Å². The minimum atomic E-state index is 0.998. The highest BCUT2D eigenvalue weighted by atomic mass is 32.1. The normalized spacial score (nSPS) is 13.8. The monoisotopic (exact) mass is 244 g/mol. The van der Waals surface area contributed by atoms with E-state index in [0.29, 0.717) is 0 Å². The molecule has 1 heterocycles. The first-order valence-corrected chi connectivity index (χ1v) is 6.87. The molecule has 0 bridgehead atoms. The number of benzene rings is 1. The fourth-order valence-corrected chi connectivity index (χ4v) is 3.28. The molecule has 0 aliphatic heterocycles. The smallest absolute Gasteiger partial charge is 0.183 e. The fourth-order valence-electron chi connectivity index (χ4n) is 2.49. The molecule has 0 amide bonds. The van der Waals surface area contributed by atoms with Gasteiger partial charge in [0.1, 0.15) is 0 Å². The molecule has 3 rings (SSSR count). The highest BCUT2D eigenvalue weighted by Gasteiger charge is 2.14. The maximum absolute atomic E-state index is 4.63. The summed E-state index contributed by atoms with van der Waals surface area (Å²) in [7, 11) is 1.92. The summed E-state index contributed by atoms with van der Waals surface area (Å²) in [6.45, 7) is 2.14. The van der Waals surface area contributed by atoms with Gasteiger partial charge in [0.05, 0.1) is 5.69 Å². The van der Waals surface area contributed by atoms with Crippen molar-refractivity contribution < 1.29 is 0 Å². The second-order valence-corrected chi connectivity index (χ2v) is 5.71. The molecule has 0 fully saturated rings. The lowest BCUT2D eigenvalue weighted by Crippen LogP contribution is -1.88. The third-order valence-electron chi connectivity index (χ3n) is 3.38. The van der Waals surface area contributed by atoms with Crippen LogP contribution in [0.3, 0.4) is 0 Å². The van der Waals surface area contributed by atoms with Gasteiger partial charge in [0.2, 0.25) is 0 Å². The summed E-state index contributed by atoms with van der Waals surface area (Å²) >= 11 is 1.72. The molecule has 0 spiro atoms. The fraction of sp³-hybridized carbons (Fsp3) is 0.357. The van der Waals surface area contributed by atoms with Crippen LogP contribution in [0.5, 0.6) is 0 Å². The van der Waals surface area contributed by atoms with Gasteiger partial charge in [-0.15, -0.1) is 11.3 Å². The van der Waals surface area contributed by atoms with Gasteiger partial charge in [-0.2, -0.15) is 0 Å². The molecule has 1 aromatic carbocycles. The topological polar surface area (TPSA) is 24.9 Å². The van der Waals surface area contributed by atoms with Crippen LogP contribution >= 0.6 is 11.3 Å². The van der Waals surface area contributed by atoms with Gasteiger partial charge in [0, 0.05) is 17.5 Å². The van der Waals surface area contributed by atoms with Crippen LogP contribution in [0.15, 0.2) is 18.2 Å². The SMILES string of the molecule is CNc1nc(-c2ccc3c(c2)CCC3)c(C)s1. The zero-order chi connectivity index (χ0) is 11.8. The third kappa shape index (κ3) is 1.84. The molecule has 1 aliphatic carbocycles. The number of nitrogens with one attached hydrogen (secondary N) is 1. The Morgan fingerprint density at radius 1 is 1.24 bits per heavy atom. The Kier molecular flexibility index (Phi) is 2.63. The third-order valence-corrected chi connectivity index (χ3v) is 4.37. The van der Waals surface area contributed by atoms with Crippen LogP contribution in [0.4, 0.5) is 5.13 Å². The lowest BCUT2D eigenvalue weighted by Gasteiger charge is -2.03. The maximum Gasteiger partial charge on any atom is 0.183 e. The zero-order valence-electron chi connectivity index (χ0n) is 10.2. The van der Waals surface area contributed by atoms with Gasteiger partial charge in [0.25, 0.3) is 0 Å². The molecule has 0 atom stereocenters. The Labute approximate surface area is 106 Å². The molecular formula is C14H16N2S. The van der Waals surface area contributed by atoms with E-state index in [0.717, 1.165) is 10.8 Å². The number of hydrogen-bond donors (Lipinski definition) is 1. The summed E-state index contributed by atoms with van der Waals surface area (Å²) in [5.41, 5.74) is 5.44. The first-order valence-electron chi connectivity index (χ1n) is 6.05. The first-order chi connectivity index (χ1) is 8.28. The Bertz CT molecular complexity index is 557. The molecule has 0 saturated carbocycles. The summed E-state index contributed by atoms with van der Waals surface area (Å²) < 4.78 is 0. The van der Waals surface area contributed by atoms with Crippen LogP contribution < -0.4 is 5.32 Å². The maximum atomic E-state index is 4.63. The van der Waals surface area contributed by atoms with Crippen LogP contribution in [-0.4, -0.2) is 12.0 Å². The van der Waals surface area contributed by atoms with E-state index in [9.17, 15) is 0 Å². The minimum absolute atomic E-state index is 0.998. The molecule has 2 aromatic rings. The molecule has 2 nitrogen and oxygen atoms in total. The van der Waals surface area contributed by atoms with Gasteiger partial charge in [-0.1, -0.05) is 12.1 Å². The zero-order valence-corrected chi connectivity index (χ0v) is 11.0. The summed E-state index contributed by atoms with van der Waals surface area (Å²) in [6, 6.07) is 6.81. The van der Waals surface area contributed by atoms with Crippen molar-refractivity contribution in [1.82, 2.24) is 4.98 Å². The number of aromatic nitrogens is 1. The summed E-state index contributed by atoms with van der Waals surface area (Å²) in [4.78, 5) is 5.92. The quantitative estimate of drug-likeness (QED) is 0.872. The predicted molar refractivity (Wildman–Crippen MR) is 73.9 cm³/mol. The van der Waals surface area contributed by atoms with Crippen molar-refractivity contribution in [1.29, 1.82) is 0 Å². The largest absolute Gasteiger partial charge is 0.365 e. The lowest BCUT2D eigenvalue weighted by molar-refractivity contribution is 0.912. The lowest BCUT2D eigenvalue weighted by atomic mass is 10.0. The van der Waals surface area contributed by atoms with Crippen molar-refractivity contribution in [3.63, 3.8) is 0 Å². The second-order valence-electron chi connectivity index (χ2n) is 4.51. The number of rotatable bonds is 2. The molecule has 88 valence electrons. The van der Waals surface area contributed by atoms with Gasteiger partial charge in [-0.05, 0) is 43.4 Å². The average molecular weight is 244 g/mol. The minimum Gasteiger partial charge on any atom is -0.365 e. The predicted octanol–water partition coefficient (Wildman–Crippen LogP) is 3.65. The van der Waals surface area contributed by atoms with E-state index in [4.69, 9.17) is 0 Å². The number of aryl methyl sites for hydroxylation is 3. The van der Waals surface area contributed by atoms with Gasteiger partial charge < -0.3 is 5.32 Å². The van der Waals surface area contributed by atoms with E-state index in [2.05, 4.69) is 35.4 Å². The van der Waals surface area contributed by atoms with Gasteiger partial charge >= 0.3 is 0 Å². The van der Waals surface area contributed by atoms with Gasteiger partial charge in [0.15, 0.2) is 5.13 Å². The highest BCUT2D eigenvalue weighted by Crippen LogP contribution is 2.33. The molecule has 1 aliphatic rings. The van der Waals surface area contributed by atoms with Crippen molar-refractivity contribution in [2.45, 2.75) is 26.2 Å². The van der Waals surface area contributed by atoms with E-state index in [1.165, 1.54) is 40.8 Å². The molecule has 1 aromatic heterocycles. The average Bonchev–Trinajstić information content (AvgIpc) is 2.93. The first kappa shape index (κ1) is 10.8. The van der Waals surface area contributed by atoms with Crippen LogP contribution in [0, 0.1) is 6.92 Å². The molecule has 17 heavy (non-hydrogen) atoms. The van der Waals surface area contributed by atoms with E-state index in [-0.39, 0.29) is 0 Å². The van der Waals surface area contributed by atoms with Crippen molar-refractivity contribution in [2.24, 2.45) is 0 Å². The van der Waals surface area contributed by atoms with E-state index >= 15 is 0 Å². The van der Waals surface area contributed by atoms with Crippen molar-refractivity contribution >= 4 is 16.5 Å². The van der Waals surface area contributed by atoms with Crippen LogP contribution in [0.2, 0.25) is 0 Å². The van der Waals surface area contributed by atoms with Crippen molar-refractivity contribution in [3.8, 4) is 11.3 Å². The molecular weight excluding hydrogens is 228 g/mol. The Morgan fingerprint density at radius 2 is 2.06 bits per heavy atom. The summed E-state index contributed by atoms with van der Waals surface area (Å²) in [5.74, 6) is 0. The van der Waals surface area contributed by atoms with E-state index in [1.54, 1.807) is 11.3 Å². The highest BCUT2D eigenvalue weighted by molar-refractivity contribution is 7.15. The van der Waals surface area contributed by atoms with Gasteiger partial charge in [-0.25, -0.2) is 4.98 Å². The van der Waals surface area contributed by atoms with Gasteiger partial charge in [-0.3, -0.25) is 0 Å². The molecule has 0 unspecified atom stereocenters. The number of anilines is 1. The number of hydrogen-bond acceptors (Lipinski definition) is 3. The van der Waals surface area contributed by atoms with Crippen LogP contribution in [0.1, 0.15) is 22.4 Å². The van der Waals surface area contributed by atoms with Crippen molar-refractivity contribution in [3.05, 3.63) is 34.2 Å². The molecule has 3 heteroatoms. The Morgan fingerprint density at radius 3 is 2.82 bits per heavy atom. The number of fused-ring (bicyclic) bond motifs is 1. The standard InChI is InChI=1S/C14H16N2S/c1-9-13(16-14(15-2)17-9)12-7-6-10-4-3-5-11(10)8-12/h6-8H,3-5H2,1-2H3,(H,15,16). The number of nitrogens with zero attached hydrogens (tertiary/aromatic N) is 1. The molecule has 0 radical (unpaired) electrons. The molecule has 1 N–H and O–H groups in total. The number of thiazole rings is 1. The van der Waals surface area contributed by atoms with E-state index < -0.39 is 0 Å². The Balaban J connectivity index is 2.06. The Hall–Kier alpha value is -1.35. The molecule has 0 saturated heterocycles. The van der Waals surface area contributed by atoms with Crippen LogP contribution in [0.25, 0.3) is 11.3 Å². The second kappa shape index (κ2) is 4.15.